The van der Waals surface area contributed by atoms with Crippen molar-refractivity contribution in [3.8, 4) is 0 Å². The summed E-state index contributed by atoms with van der Waals surface area (Å²) in [7, 11) is -3.31. The Morgan fingerprint density at radius 1 is 0.789 bits per heavy atom. The maximum atomic E-state index is 14.2. The predicted molar refractivity (Wildman–Crippen MR) is 150 cm³/mol. The molecule has 0 spiro atoms. The van der Waals surface area contributed by atoms with Gasteiger partial charge in [0.25, 0.3) is 8.32 Å². The molecule has 0 aliphatic carbocycles. The fraction of sp³-hybridized carbons (Fsp3) is 0.219. The fourth-order valence-electron chi connectivity index (χ4n) is 5.03. The average molecular weight is 525 g/mol. The number of rotatable bonds is 9. The third-order valence-electron chi connectivity index (χ3n) is 6.88. The smallest absolute Gasteiger partial charge is 0.289 e. The Bertz CT molecular complexity index is 1230. The van der Waals surface area contributed by atoms with Crippen molar-refractivity contribution in [3.63, 3.8) is 0 Å². The van der Waals surface area contributed by atoms with Crippen LogP contribution in [0.15, 0.2) is 121 Å². The van der Waals surface area contributed by atoms with Crippen LogP contribution in [0.3, 0.4) is 0 Å². The first-order valence-corrected chi connectivity index (χ1v) is 14.7. The van der Waals surface area contributed by atoms with E-state index in [2.05, 4.69) is 0 Å². The van der Waals surface area contributed by atoms with Crippen LogP contribution in [0, 0.1) is 0 Å². The molecule has 3 atom stereocenters. The lowest BCUT2D eigenvalue weighted by Crippen LogP contribution is -2.71. The number of carbonyl (C=O) groups excluding carboxylic acids is 1. The normalized spacial score (nSPS) is 18.6. The highest BCUT2D eigenvalue weighted by Gasteiger charge is 2.49. The van der Waals surface area contributed by atoms with Gasteiger partial charge in [0.2, 0.25) is 0 Å². The van der Waals surface area contributed by atoms with Gasteiger partial charge in [-0.05, 0) is 35.0 Å². The molecule has 0 saturated carbocycles. The van der Waals surface area contributed by atoms with Gasteiger partial charge in [-0.2, -0.15) is 0 Å². The monoisotopic (exact) mass is 524 g/mol. The third kappa shape index (κ3) is 5.27. The molecule has 1 N–H and O–H groups in total. The van der Waals surface area contributed by atoms with E-state index in [9.17, 15) is 9.90 Å². The molecule has 38 heavy (non-hydrogen) atoms. The van der Waals surface area contributed by atoms with Crippen molar-refractivity contribution in [3.05, 3.63) is 127 Å². The third-order valence-corrected chi connectivity index (χ3v) is 10.9. The first-order valence-electron chi connectivity index (χ1n) is 12.8. The zero-order valence-electron chi connectivity index (χ0n) is 21.6. The Labute approximate surface area is 224 Å². The van der Waals surface area contributed by atoms with Gasteiger partial charge in [0.15, 0.2) is 11.6 Å². The molecular weight excluding hydrogens is 492 g/mol. The van der Waals surface area contributed by atoms with Crippen LogP contribution in [-0.2, 0) is 18.7 Å². The Hall–Kier alpha value is -3.39. The quantitative estimate of drug-likeness (QED) is 0.268. The summed E-state index contributed by atoms with van der Waals surface area (Å²) < 4.78 is 18.8. The van der Waals surface area contributed by atoms with Crippen molar-refractivity contribution in [1.82, 2.24) is 0 Å². The van der Waals surface area contributed by atoms with E-state index < -0.39 is 32.4 Å². The summed E-state index contributed by atoms with van der Waals surface area (Å²) in [6.45, 7) is 3.66. The highest BCUT2D eigenvalue weighted by Crippen LogP contribution is 2.29. The molecule has 0 bridgehead atoms. The first kappa shape index (κ1) is 26.2. The minimum absolute atomic E-state index is 0.101. The van der Waals surface area contributed by atoms with E-state index in [1.807, 2.05) is 109 Å². The lowest BCUT2D eigenvalue weighted by atomic mass is 9.99. The molecular formula is C32H32O5Si. The van der Waals surface area contributed by atoms with Gasteiger partial charge in [-0.25, -0.2) is 0 Å². The van der Waals surface area contributed by atoms with E-state index in [-0.39, 0.29) is 12.4 Å². The number of benzene rings is 4. The van der Waals surface area contributed by atoms with Crippen molar-refractivity contribution in [2.45, 2.75) is 37.9 Å². The Morgan fingerprint density at radius 2 is 1.21 bits per heavy atom. The zero-order chi connectivity index (χ0) is 26.6. The molecule has 0 aromatic heterocycles. The number of ether oxygens (including phenoxy) is 2. The van der Waals surface area contributed by atoms with Gasteiger partial charge in [-0.3, -0.25) is 4.79 Å². The SMILES string of the molecule is CC1(C)OC[C@@H](C(=O)[C@H](O[Si](c2ccccc2)(c2ccccc2)c2ccccc2)[C@@H](O)c2ccccc2)O1. The number of hydrogen-bond donors (Lipinski definition) is 1. The molecule has 4 aromatic rings. The number of ketones is 1. The Morgan fingerprint density at radius 3 is 1.61 bits per heavy atom. The average Bonchev–Trinajstić information content (AvgIpc) is 3.34. The molecule has 5 rings (SSSR count). The number of aliphatic hydroxyl groups is 1. The molecule has 1 heterocycles. The minimum atomic E-state index is -3.31. The van der Waals surface area contributed by atoms with Crippen molar-refractivity contribution in [2.75, 3.05) is 6.61 Å². The van der Waals surface area contributed by atoms with Gasteiger partial charge in [-0.1, -0.05) is 121 Å². The molecule has 0 unspecified atom stereocenters. The molecule has 6 heteroatoms. The summed E-state index contributed by atoms with van der Waals surface area (Å²) >= 11 is 0. The topological polar surface area (TPSA) is 65.0 Å². The Kier molecular flexibility index (Phi) is 7.70. The molecule has 0 radical (unpaired) electrons. The molecule has 1 fully saturated rings. The minimum Gasteiger partial charge on any atom is -0.391 e. The number of carbonyl (C=O) groups is 1. The molecule has 1 saturated heterocycles. The van der Waals surface area contributed by atoms with Gasteiger partial charge >= 0.3 is 0 Å². The van der Waals surface area contributed by atoms with Crippen molar-refractivity contribution < 1.29 is 23.8 Å². The van der Waals surface area contributed by atoms with Crippen LogP contribution < -0.4 is 15.6 Å². The van der Waals surface area contributed by atoms with Crippen molar-refractivity contribution >= 4 is 29.7 Å². The lowest BCUT2D eigenvalue weighted by Gasteiger charge is -2.38. The zero-order valence-corrected chi connectivity index (χ0v) is 22.6. The van der Waals surface area contributed by atoms with E-state index in [0.717, 1.165) is 15.6 Å². The van der Waals surface area contributed by atoms with Crippen molar-refractivity contribution in [1.29, 1.82) is 0 Å². The summed E-state index contributed by atoms with van der Waals surface area (Å²) in [5.74, 6) is -1.23. The van der Waals surface area contributed by atoms with Crippen LogP contribution in [0.2, 0.25) is 0 Å². The van der Waals surface area contributed by atoms with E-state index >= 15 is 0 Å². The van der Waals surface area contributed by atoms with Crippen LogP contribution in [0.1, 0.15) is 25.5 Å². The van der Waals surface area contributed by atoms with Crippen LogP contribution in [-0.4, -0.2) is 43.8 Å². The summed E-state index contributed by atoms with van der Waals surface area (Å²) in [5.41, 5.74) is 0.598. The highest BCUT2D eigenvalue weighted by molar-refractivity contribution is 7.07. The van der Waals surface area contributed by atoms with Crippen LogP contribution in [0.25, 0.3) is 0 Å². The number of Topliss-reactive ketones (excluding diaryl/α,β-unsaturated/α-hetero) is 1. The molecule has 1 aliphatic rings. The van der Waals surface area contributed by atoms with Crippen LogP contribution >= 0.6 is 0 Å². The Balaban J connectivity index is 1.69. The van der Waals surface area contributed by atoms with Crippen LogP contribution in [0.4, 0.5) is 0 Å². The second-order valence-corrected chi connectivity index (χ2v) is 13.2. The molecule has 1 aliphatic heterocycles. The standard InChI is InChI=1S/C32H32O5Si/c1-32(2)35-23-28(36-32)30(34)31(29(33)24-15-7-3-8-16-24)37-38(25-17-9-4-10-18-25,26-19-11-5-12-20-26)27-21-13-6-14-22-27/h3-22,28-29,31,33H,23H2,1-2H3/t28-,29-,31+/m0/s1. The summed E-state index contributed by atoms with van der Waals surface area (Å²) in [5, 5.41) is 14.6. The summed E-state index contributed by atoms with van der Waals surface area (Å²) in [4.78, 5) is 14.2. The predicted octanol–water partition coefficient (Wildman–Crippen LogP) is 3.49. The molecule has 5 nitrogen and oxygen atoms in total. The maximum absolute atomic E-state index is 14.2. The molecule has 4 aromatic carbocycles. The second kappa shape index (κ2) is 11.2. The van der Waals surface area contributed by atoms with Gasteiger partial charge in [0, 0.05) is 0 Å². The van der Waals surface area contributed by atoms with Gasteiger partial charge in [0.1, 0.15) is 18.3 Å². The van der Waals surface area contributed by atoms with Crippen LogP contribution in [0.5, 0.6) is 0 Å². The lowest BCUT2D eigenvalue weighted by molar-refractivity contribution is -0.159. The summed E-state index contributed by atoms with van der Waals surface area (Å²) in [6, 6.07) is 39.2. The first-order chi connectivity index (χ1) is 18.4. The van der Waals surface area contributed by atoms with Gasteiger partial charge < -0.3 is 19.0 Å². The summed E-state index contributed by atoms with van der Waals surface area (Å²) in [6.07, 6.45) is -3.27. The number of hydrogen-bond acceptors (Lipinski definition) is 5. The molecule has 194 valence electrons. The highest BCUT2D eigenvalue weighted by atomic mass is 28.4. The van der Waals surface area contributed by atoms with Crippen molar-refractivity contribution in [2.24, 2.45) is 0 Å². The van der Waals surface area contributed by atoms with E-state index in [1.54, 1.807) is 26.0 Å². The largest absolute Gasteiger partial charge is 0.391 e. The second-order valence-electron chi connectivity index (χ2n) is 9.89. The molecule has 0 amide bonds. The maximum Gasteiger partial charge on any atom is 0.289 e. The van der Waals surface area contributed by atoms with E-state index in [4.69, 9.17) is 13.9 Å². The van der Waals surface area contributed by atoms with Gasteiger partial charge in [-0.15, -0.1) is 0 Å². The fourth-order valence-corrected chi connectivity index (χ4v) is 9.05. The van der Waals surface area contributed by atoms with Gasteiger partial charge in [0.05, 0.1) is 6.61 Å². The van der Waals surface area contributed by atoms with E-state index in [1.165, 1.54) is 0 Å². The van der Waals surface area contributed by atoms with E-state index in [0.29, 0.717) is 5.56 Å². The number of aliphatic hydroxyl groups excluding tert-OH is 1.